The van der Waals surface area contributed by atoms with E-state index in [1.807, 2.05) is 6.92 Å². The molecule has 4 nitrogen and oxygen atoms in total. The highest BCUT2D eigenvalue weighted by Crippen LogP contribution is 2.16. The van der Waals surface area contributed by atoms with Crippen LogP contribution in [0.4, 0.5) is 0 Å². The van der Waals surface area contributed by atoms with Crippen LogP contribution in [-0.2, 0) is 4.74 Å². The SMILES string of the molecule is CCOCC(O)CN1CCC(CO)CC1. The second-order valence-corrected chi connectivity index (χ2v) is 4.24. The van der Waals surface area contributed by atoms with E-state index in [1.165, 1.54) is 0 Å². The van der Waals surface area contributed by atoms with E-state index in [1.54, 1.807) is 0 Å². The molecule has 0 aromatic rings. The first kappa shape index (κ1) is 12.9. The minimum Gasteiger partial charge on any atom is -0.396 e. The average molecular weight is 217 g/mol. The molecule has 1 unspecified atom stereocenters. The molecule has 0 radical (unpaired) electrons. The van der Waals surface area contributed by atoms with Gasteiger partial charge in [0, 0.05) is 19.8 Å². The zero-order valence-corrected chi connectivity index (χ0v) is 9.56. The molecule has 90 valence electrons. The number of likely N-dealkylation sites (tertiary alicyclic amines) is 1. The number of ether oxygens (including phenoxy) is 1. The molecule has 1 aliphatic rings. The highest BCUT2D eigenvalue weighted by Gasteiger charge is 2.20. The minimum atomic E-state index is -0.379. The molecule has 1 rings (SSSR count). The summed E-state index contributed by atoms with van der Waals surface area (Å²) in [5, 5.41) is 18.6. The number of aliphatic hydroxyl groups excluding tert-OH is 2. The Kier molecular flexibility index (Phi) is 6.17. The molecule has 1 heterocycles. The summed E-state index contributed by atoms with van der Waals surface area (Å²) in [7, 11) is 0. The van der Waals surface area contributed by atoms with Crippen LogP contribution >= 0.6 is 0 Å². The molecule has 0 aromatic carbocycles. The summed E-state index contributed by atoms with van der Waals surface area (Å²) in [6, 6.07) is 0. The molecule has 0 aromatic heterocycles. The number of hydrogen-bond acceptors (Lipinski definition) is 4. The molecule has 1 aliphatic heterocycles. The molecule has 2 N–H and O–H groups in total. The van der Waals surface area contributed by atoms with Crippen LogP contribution in [0.2, 0.25) is 0 Å². The second kappa shape index (κ2) is 7.17. The molecular formula is C11H23NO3. The van der Waals surface area contributed by atoms with Gasteiger partial charge in [0.25, 0.3) is 0 Å². The Hall–Kier alpha value is -0.160. The van der Waals surface area contributed by atoms with Crippen LogP contribution in [0.5, 0.6) is 0 Å². The Bertz CT molecular complexity index is 158. The number of aliphatic hydroxyl groups is 2. The van der Waals surface area contributed by atoms with Gasteiger partial charge in [0.2, 0.25) is 0 Å². The first-order valence-corrected chi connectivity index (χ1v) is 5.85. The number of rotatable bonds is 6. The third kappa shape index (κ3) is 4.93. The fourth-order valence-corrected chi connectivity index (χ4v) is 1.96. The Morgan fingerprint density at radius 2 is 2.07 bits per heavy atom. The lowest BCUT2D eigenvalue weighted by Gasteiger charge is -2.32. The van der Waals surface area contributed by atoms with Crippen LogP contribution in [0, 0.1) is 5.92 Å². The topological polar surface area (TPSA) is 52.9 Å². The number of piperidine rings is 1. The standard InChI is InChI=1S/C11H23NO3/c1-2-15-9-11(14)7-12-5-3-10(8-13)4-6-12/h10-11,13-14H,2-9H2,1H3. The molecule has 0 bridgehead atoms. The Balaban J connectivity index is 2.12. The summed E-state index contributed by atoms with van der Waals surface area (Å²) in [5.41, 5.74) is 0. The zero-order valence-electron chi connectivity index (χ0n) is 9.56. The van der Waals surface area contributed by atoms with E-state index in [0.29, 0.717) is 32.3 Å². The normalized spacial score (nSPS) is 21.8. The van der Waals surface area contributed by atoms with Crippen LogP contribution in [0.25, 0.3) is 0 Å². The van der Waals surface area contributed by atoms with Crippen molar-refractivity contribution < 1.29 is 14.9 Å². The maximum Gasteiger partial charge on any atom is 0.0900 e. The highest BCUT2D eigenvalue weighted by atomic mass is 16.5. The fourth-order valence-electron chi connectivity index (χ4n) is 1.96. The predicted octanol–water partition coefficient (Wildman–Crippen LogP) is 0.0881. The summed E-state index contributed by atoms with van der Waals surface area (Å²) in [6.45, 7) is 5.97. The molecule has 0 spiro atoms. The van der Waals surface area contributed by atoms with Gasteiger partial charge in [0.05, 0.1) is 12.7 Å². The van der Waals surface area contributed by atoms with Crippen LogP contribution in [0.1, 0.15) is 19.8 Å². The van der Waals surface area contributed by atoms with E-state index in [4.69, 9.17) is 9.84 Å². The van der Waals surface area contributed by atoms with E-state index in [-0.39, 0.29) is 6.10 Å². The minimum absolute atomic E-state index is 0.301. The van der Waals surface area contributed by atoms with Crippen LogP contribution < -0.4 is 0 Å². The van der Waals surface area contributed by atoms with Gasteiger partial charge in [0.15, 0.2) is 0 Å². The van der Waals surface area contributed by atoms with Crippen molar-refractivity contribution in [2.75, 3.05) is 39.5 Å². The van der Waals surface area contributed by atoms with Crippen molar-refractivity contribution in [3.8, 4) is 0 Å². The van der Waals surface area contributed by atoms with Gasteiger partial charge in [-0.3, -0.25) is 0 Å². The van der Waals surface area contributed by atoms with Gasteiger partial charge in [0.1, 0.15) is 0 Å². The van der Waals surface area contributed by atoms with Crippen LogP contribution in [0.15, 0.2) is 0 Å². The van der Waals surface area contributed by atoms with Crippen molar-refractivity contribution in [1.82, 2.24) is 4.90 Å². The van der Waals surface area contributed by atoms with E-state index in [9.17, 15) is 5.11 Å². The van der Waals surface area contributed by atoms with Crippen molar-refractivity contribution >= 4 is 0 Å². The fraction of sp³-hybridized carbons (Fsp3) is 1.00. The number of β-amino-alcohol motifs (C(OH)–C–C–N with tert-alkyl or cyclic N) is 1. The van der Waals surface area contributed by atoms with Gasteiger partial charge in [-0.15, -0.1) is 0 Å². The lowest BCUT2D eigenvalue weighted by atomic mass is 9.98. The maximum atomic E-state index is 9.64. The van der Waals surface area contributed by atoms with E-state index >= 15 is 0 Å². The van der Waals surface area contributed by atoms with Gasteiger partial charge >= 0.3 is 0 Å². The van der Waals surface area contributed by atoms with Gasteiger partial charge in [-0.25, -0.2) is 0 Å². The summed E-state index contributed by atoms with van der Waals surface area (Å²) >= 11 is 0. The van der Waals surface area contributed by atoms with E-state index in [2.05, 4.69) is 4.90 Å². The maximum absolute atomic E-state index is 9.64. The van der Waals surface area contributed by atoms with Gasteiger partial charge in [-0.1, -0.05) is 0 Å². The molecule has 0 amide bonds. The molecule has 4 heteroatoms. The predicted molar refractivity (Wildman–Crippen MR) is 58.7 cm³/mol. The van der Waals surface area contributed by atoms with E-state index < -0.39 is 0 Å². The zero-order chi connectivity index (χ0) is 11.1. The first-order valence-electron chi connectivity index (χ1n) is 5.85. The van der Waals surface area contributed by atoms with Crippen molar-refractivity contribution in [2.45, 2.75) is 25.9 Å². The highest BCUT2D eigenvalue weighted by molar-refractivity contribution is 4.73. The van der Waals surface area contributed by atoms with Crippen molar-refractivity contribution in [3.63, 3.8) is 0 Å². The van der Waals surface area contributed by atoms with Gasteiger partial charge in [-0.2, -0.15) is 0 Å². The monoisotopic (exact) mass is 217 g/mol. The summed E-state index contributed by atoms with van der Waals surface area (Å²) in [6.07, 6.45) is 1.70. The van der Waals surface area contributed by atoms with Gasteiger partial charge in [-0.05, 0) is 38.8 Å². The number of nitrogens with zero attached hydrogens (tertiary/aromatic N) is 1. The number of hydrogen-bond donors (Lipinski definition) is 2. The molecule has 15 heavy (non-hydrogen) atoms. The van der Waals surface area contributed by atoms with Crippen LogP contribution in [0.3, 0.4) is 0 Å². The lowest BCUT2D eigenvalue weighted by molar-refractivity contribution is 0.0123. The van der Waals surface area contributed by atoms with Gasteiger partial charge < -0.3 is 19.8 Å². The van der Waals surface area contributed by atoms with Crippen molar-refractivity contribution in [1.29, 1.82) is 0 Å². The molecule has 1 fully saturated rings. The second-order valence-electron chi connectivity index (χ2n) is 4.24. The third-order valence-electron chi connectivity index (χ3n) is 2.95. The molecular weight excluding hydrogens is 194 g/mol. The Morgan fingerprint density at radius 1 is 1.40 bits per heavy atom. The largest absolute Gasteiger partial charge is 0.396 e. The third-order valence-corrected chi connectivity index (χ3v) is 2.95. The van der Waals surface area contributed by atoms with Crippen molar-refractivity contribution in [2.24, 2.45) is 5.92 Å². The van der Waals surface area contributed by atoms with Crippen LogP contribution in [-0.4, -0.2) is 60.7 Å². The summed E-state index contributed by atoms with van der Waals surface area (Å²) in [5.74, 6) is 0.463. The van der Waals surface area contributed by atoms with E-state index in [0.717, 1.165) is 25.9 Å². The summed E-state index contributed by atoms with van der Waals surface area (Å²) in [4.78, 5) is 2.25. The van der Waals surface area contributed by atoms with Crippen molar-refractivity contribution in [3.05, 3.63) is 0 Å². The molecule has 1 saturated heterocycles. The average Bonchev–Trinajstić information content (AvgIpc) is 2.27. The Labute approximate surface area is 91.8 Å². The molecule has 0 saturated carbocycles. The smallest absolute Gasteiger partial charge is 0.0900 e. The molecule has 1 atom stereocenters. The first-order chi connectivity index (χ1) is 7.26. The summed E-state index contributed by atoms with van der Waals surface area (Å²) < 4.78 is 5.16. The quantitative estimate of drug-likeness (QED) is 0.662. The molecule has 0 aliphatic carbocycles. The Morgan fingerprint density at radius 3 is 2.60 bits per heavy atom. The lowest BCUT2D eigenvalue weighted by Crippen LogP contribution is -2.40.